The Labute approximate surface area is 229 Å². The topological polar surface area (TPSA) is 62.5 Å². The number of nitrogens with one attached hydrogen (secondary N) is 1. The highest BCUT2D eigenvalue weighted by molar-refractivity contribution is 8.18. The molecule has 40 heavy (non-hydrogen) atoms. The van der Waals surface area contributed by atoms with Crippen LogP contribution in [0.2, 0.25) is 0 Å². The zero-order chi connectivity index (χ0) is 28.2. The van der Waals surface area contributed by atoms with E-state index < -0.39 is 23.5 Å². The Kier molecular flexibility index (Phi) is 6.68. The van der Waals surface area contributed by atoms with E-state index in [1.54, 1.807) is 24.3 Å². The number of fused-ring (bicyclic) bond motifs is 4. The number of amides is 1. The van der Waals surface area contributed by atoms with Gasteiger partial charge < -0.3 is 10.2 Å². The predicted molar refractivity (Wildman–Crippen MR) is 139 cm³/mol. The summed E-state index contributed by atoms with van der Waals surface area (Å²) in [6, 6.07) is 6.90. The molecule has 0 saturated carbocycles. The second-order valence-corrected chi connectivity index (χ2v) is 11.2. The number of carbonyl (C=O) groups excluding carboxylic acids is 1. The maximum Gasteiger partial charge on any atom is 0.416 e. The van der Waals surface area contributed by atoms with Gasteiger partial charge in [-0.2, -0.15) is 31.4 Å². The van der Waals surface area contributed by atoms with Gasteiger partial charge in [-0.05, 0) is 85.1 Å². The molecule has 3 aromatic rings. The van der Waals surface area contributed by atoms with E-state index in [0.29, 0.717) is 38.5 Å². The van der Waals surface area contributed by atoms with Crippen molar-refractivity contribution in [1.29, 1.82) is 0 Å². The lowest BCUT2D eigenvalue weighted by molar-refractivity contribution is -0.143. The SMILES string of the molecule is O=C1NC(=N[C@H]2CN3CCC2CC3)SC1=Cc1ccc2c(cnn2Cc2ccc(C(F)(F)F)cc2C(F)(F)F)c1. The Balaban J connectivity index is 1.22. The summed E-state index contributed by atoms with van der Waals surface area (Å²) in [6.07, 6.45) is -4.44. The fourth-order valence-corrected chi connectivity index (χ4v) is 6.39. The molecule has 2 aromatic carbocycles. The summed E-state index contributed by atoms with van der Waals surface area (Å²) in [5, 5.41) is 8.20. The molecule has 0 spiro atoms. The smallest absolute Gasteiger partial charge is 0.301 e. The Morgan fingerprint density at radius 1 is 1.05 bits per heavy atom. The molecule has 4 saturated heterocycles. The average Bonchev–Trinajstić information content (AvgIpc) is 3.45. The molecule has 5 heterocycles. The van der Waals surface area contributed by atoms with Crippen molar-refractivity contribution in [3.63, 3.8) is 0 Å². The van der Waals surface area contributed by atoms with Crippen LogP contribution in [0.1, 0.15) is 35.1 Å². The van der Waals surface area contributed by atoms with Gasteiger partial charge in [0, 0.05) is 11.9 Å². The van der Waals surface area contributed by atoms with Crippen LogP contribution in [-0.2, 0) is 23.7 Å². The first-order chi connectivity index (χ1) is 18.9. The van der Waals surface area contributed by atoms with Crippen molar-refractivity contribution in [3.05, 3.63) is 69.8 Å². The van der Waals surface area contributed by atoms with Crippen LogP contribution < -0.4 is 5.32 Å². The molecule has 210 valence electrons. The van der Waals surface area contributed by atoms with Gasteiger partial charge in [0.05, 0.1) is 40.3 Å². The Bertz CT molecular complexity index is 1530. The van der Waals surface area contributed by atoms with Gasteiger partial charge in [0.2, 0.25) is 0 Å². The second-order valence-electron chi connectivity index (χ2n) is 10.2. The molecule has 4 aliphatic rings. The highest BCUT2D eigenvalue weighted by Gasteiger charge is 2.38. The molecule has 2 bridgehead atoms. The lowest BCUT2D eigenvalue weighted by atomic mass is 9.84. The minimum Gasteiger partial charge on any atom is -0.301 e. The second kappa shape index (κ2) is 9.95. The molecule has 7 rings (SSSR count). The van der Waals surface area contributed by atoms with Crippen molar-refractivity contribution in [3.8, 4) is 0 Å². The van der Waals surface area contributed by atoms with Gasteiger partial charge in [0.15, 0.2) is 5.17 Å². The normalized spacial score (nSPS) is 25.4. The molecule has 13 heteroatoms. The molecule has 4 aliphatic heterocycles. The van der Waals surface area contributed by atoms with Gasteiger partial charge in [0.25, 0.3) is 5.91 Å². The average molecular weight is 580 g/mol. The van der Waals surface area contributed by atoms with Crippen molar-refractivity contribution in [2.24, 2.45) is 10.9 Å². The number of amidine groups is 1. The molecule has 1 N–H and O–H groups in total. The quantitative estimate of drug-likeness (QED) is 0.315. The zero-order valence-corrected chi connectivity index (χ0v) is 21.7. The molecule has 4 fully saturated rings. The lowest BCUT2D eigenvalue weighted by Gasteiger charge is -2.43. The summed E-state index contributed by atoms with van der Waals surface area (Å²) in [4.78, 5) is 20.3. The third-order valence-corrected chi connectivity index (χ3v) is 8.51. The number of aromatic nitrogens is 2. The van der Waals surface area contributed by atoms with E-state index in [1.807, 2.05) is 0 Å². The number of benzene rings is 2. The minimum atomic E-state index is -4.96. The van der Waals surface area contributed by atoms with Crippen LogP contribution in [0.3, 0.4) is 0 Å². The first kappa shape index (κ1) is 26.9. The number of thioether (sulfide) groups is 1. The van der Waals surface area contributed by atoms with Crippen molar-refractivity contribution < 1.29 is 31.1 Å². The van der Waals surface area contributed by atoms with E-state index in [4.69, 9.17) is 4.99 Å². The Hall–Kier alpha value is -3.32. The number of hydrogen-bond donors (Lipinski definition) is 1. The molecule has 1 amide bonds. The fourth-order valence-electron chi connectivity index (χ4n) is 5.51. The zero-order valence-electron chi connectivity index (χ0n) is 20.9. The summed E-state index contributed by atoms with van der Waals surface area (Å²) >= 11 is 1.28. The van der Waals surface area contributed by atoms with Gasteiger partial charge in [0.1, 0.15) is 0 Å². The van der Waals surface area contributed by atoms with Crippen LogP contribution in [0.15, 0.2) is 52.5 Å². The van der Waals surface area contributed by atoms with Gasteiger partial charge in [-0.3, -0.25) is 14.5 Å². The molecule has 6 nitrogen and oxygen atoms in total. The number of carbonyl (C=O) groups is 1. The molecule has 0 radical (unpaired) electrons. The van der Waals surface area contributed by atoms with Crippen LogP contribution in [0.4, 0.5) is 26.3 Å². The van der Waals surface area contributed by atoms with Gasteiger partial charge in [-0.25, -0.2) is 0 Å². The van der Waals surface area contributed by atoms with Crippen molar-refractivity contribution in [1.82, 2.24) is 20.0 Å². The fraction of sp³-hybridized carbons (Fsp3) is 0.370. The first-order valence-electron chi connectivity index (χ1n) is 12.7. The number of alkyl halides is 6. The van der Waals surface area contributed by atoms with Crippen LogP contribution >= 0.6 is 11.8 Å². The van der Waals surface area contributed by atoms with E-state index in [0.717, 1.165) is 38.5 Å². The van der Waals surface area contributed by atoms with E-state index in [-0.39, 0.29) is 30.1 Å². The summed E-state index contributed by atoms with van der Waals surface area (Å²) in [6.45, 7) is 2.74. The number of rotatable bonds is 4. The largest absolute Gasteiger partial charge is 0.416 e. The molecule has 0 aliphatic carbocycles. The molecular formula is C27H23F6N5OS. The molecule has 0 unspecified atom stereocenters. The lowest BCUT2D eigenvalue weighted by Crippen LogP contribution is -2.50. The van der Waals surface area contributed by atoms with Crippen LogP contribution in [0, 0.1) is 5.92 Å². The Morgan fingerprint density at radius 2 is 1.82 bits per heavy atom. The highest BCUT2D eigenvalue weighted by Crippen LogP contribution is 2.38. The van der Waals surface area contributed by atoms with Gasteiger partial charge >= 0.3 is 12.4 Å². The standard InChI is InChI=1S/C27H23F6N5OS/c28-26(29,30)19-3-2-17(20(11-19)27(31,32)33)13-38-22-4-1-15(9-18(22)12-34-38)10-23-24(39)36-25(40-23)35-21-14-37-7-5-16(21)6-8-37/h1-4,9-12,16,21H,5-8,13-14H2,(H,35,36,39)/t21-/m0/s1. The van der Waals surface area contributed by atoms with Gasteiger partial charge in [-0.15, -0.1) is 0 Å². The monoisotopic (exact) mass is 579 g/mol. The van der Waals surface area contributed by atoms with Crippen LogP contribution in [0.5, 0.6) is 0 Å². The third-order valence-electron chi connectivity index (χ3n) is 7.58. The molecular weight excluding hydrogens is 556 g/mol. The minimum absolute atomic E-state index is 0.129. The summed E-state index contributed by atoms with van der Waals surface area (Å²) in [5.41, 5.74) is -1.85. The van der Waals surface area contributed by atoms with E-state index in [9.17, 15) is 31.1 Å². The molecule has 1 atom stereocenters. The number of aliphatic imine (C=N–C) groups is 1. The van der Waals surface area contributed by atoms with E-state index in [2.05, 4.69) is 15.3 Å². The maximum atomic E-state index is 13.6. The maximum absolute atomic E-state index is 13.6. The molecule has 1 aromatic heterocycles. The number of nitrogens with zero attached hydrogens (tertiary/aromatic N) is 4. The number of piperidine rings is 3. The first-order valence-corrected chi connectivity index (χ1v) is 13.5. The van der Waals surface area contributed by atoms with E-state index >= 15 is 0 Å². The van der Waals surface area contributed by atoms with Crippen LogP contribution in [0.25, 0.3) is 17.0 Å². The highest BCUT2D eigenvalue weighted by atomic mass is 32.2. The van der Waals surface area contributed by atoms with Crippen LogP contribution in [-0.4, -0.2) is 51.4 Å². The summed E-state index contributed by atoms with van der Waals surface area (Å²) in [7, 11) is 0. The number of halogens is 6. The summed E-state index contributed by atoms with van der Waals surface area (Å²) < 4.78 is 81.1. The third kappa shape index (κ3) is 5.36. The van der Waals surface area contributed by atoms with Crippen molar-refractivity contribution in [2.45, 2.75) is 37.8 Å². The predicted octanol–water partition coefficient (Wildman–Crippen LogP) is 5.78. The van der Waals surface area contributed by atoms with Crippen molar-refractivity contribution >= 4 is 39.8 Å². The Morgan fingerprint density at radius 3 is 2.50 bits per heavy atom. The van der Waals surface area contributed by atoms with E-state index in [1.165, 1.54) is 22.6 Å². The van der Waals surface area contributed by atoms with Crippen molar-refractivity contribution in [2.75, 3.05) is 19.6 Å². The summed E-state index contributed by atoms with van der Waals surface area (Å²) in [5.74, 6) is 0.291. The number of hydrogen-bond acceptors (Lipinski definition) is 5. The van der Waals surface area contributed by atoms with Gasteiger partial charge in [-0.1, -0.05) is 12.1 Å².